The van der Waals surface area contributed by atoms with E-state index in [1.165, 1.54) is 7.11 Å². The van der Waals surface area contributed by atoms with Gasteiger partial charge in [0.2, 0.25) is 0 Å². The van der Waals surface area contributed by atoms with Crippen molar-refractivity contribution in [1.29, 1.82) is 0 Å². The summed E-state index contributed by atoms with van der Waals surface area (Å²) in [5.41, 5.74) is 0.602. The van der Waals surface area contributed by atoms with Crippen LogP contribution in [0, 0.1) is 0 Å². The Hall–Kier alpha value is -1.26. The number of rotatable bonds is 4. The number of ether oxygens (including phenoxy) is 2. The zero-order chi connectivity index (χ0) is 11.1. The summed E-state index contributed by atoms with van der Waals surface area (Å²) in [5, 5.41) is 3.10. The van der Waals surface area contributed by atoms with E-state index in [1.54, 1.807) is 24.3 Å². The molecule has 4 nitrogen and oxygen atoms in total. The van der Waals surface area contributed by atoms with Gasteiger partial charge < -0.3 is 9.47 Å². The lowest BCUT2D eigenvalue weighted by molar-refractivity contribution is 0.107. The fraction of sp³-hybridized carbons (Fsp3) is 0.300. The zero-order valence-electron chi connectivity index (χ0n) is 8.33. The Bertz CT molecular complexity index is 330. The number of carbonyl (C=O) groups excluding carboxylic acids is 1. The monoisotopic (exact) mass is 229 g/mol. The molecular weight excluding hydrogens is 218 g/mol. The van der Waals surface area contributed by atoms with Gasteiger partial charge >= 0.3 is 6.09 Å². The molecule has 0 radical (unpaired) electrons. The van der Waals surface area contributed by atoms with E-state index in [9.17, 15) is 4.79 Å². The first kappa shape index (κ1) is 11.8. The van der Waals surface area contributed by atoms with Crippen molar-refractivity contribution < 1.29 is 14.3 Å². The molecule has 0 saturated heterocycles. The highest BCUT2D eigenvalue weighted by molar-refractivity contribution is 6.30. The molecule has 0 aliphatic rings. The van der Waals surface area contributed by atoms with Gasteiger partial charge in [-0.15, -0.1) is 0 Å². The zero-order valence-corrected chi connectivity index (χ0v) is 9.08. The number of hydrogen-bond acceptors (Lipinski definition) is 3. The van der Waals surface area contributed by atoms with E-state index in [0.717, 1.165) is 0 Å². The standard InChI is InChI=1S/C10H12ClNO3/c1-14-5-6-15-10(13)12-9-4-2-3-8(11)7-9/h2-4,7H,5-6H2,1H3,(H,12,13). The molecule has 1 rings (SSSR count). The molecule has 0 saturated carbocycles. The van der Waals surface area contributed by atoms with Gasteiger partial charge in [-0.3, -0.25) is 5.32 Å². The normalized spacial score (nSPS) is 9.73. The second-order valence-electron chi connectivity index (χ2n) is 2.76. The summed E-state index contributed by atoms with van der Waals surface area (Å²) in [6.07, 6.45) is -0.519. The fourth-order valence-corrected chi connectivity index (χ4v) is 1.13. The number of halogens is 1. The largest absolute Gasteiger partial charge is 0.447 e. The molecule has 0 aromatic heterocycles. The smallest absolute Gasteiger partial charge is 0.411 e. The molecule has 0 atom stereocenters. The van der Waals surface area contributed by atoms with Crippen LogP contribution in [0.2, 0.25) is 5.02 Å². The maximum atomic E-state index is 11.2. The second kappa shape index (κ2) is 6.27. The van der Waals surface area contributed by atoms with Crippen molar-refractivity contribution in [1.82, 2.24) is 0 Å². The van der Waals surface area contributed by atoms with E-state index in [4.69, 9.17) is 21.1 Å². The van der Waals surface area contributed by atoms with Gasteiger partial charge in [0, 0.05) is 17.8 Å². The number of benzene rings is 1. The SMILES string of the molecule is COCCOC(=O)Nc1cccc(Cl)c1. The van der Waals surface area contributed by atoms with Gasteiger partial charge in [0.1, 0.15) is 6.61 Å². The molecule has 1 aromatic rings. The van der Waals surface area contributed by atoms with E-state index < -0.39 is 6.09 Å². The molecule has 1 N–H and O–H groups in total. The van der Waals surface area contributed by atoms with E-state index in [2.05, 4.69) is 5.32 Å². The lowest BCUT2D eigenvalue weighted by Crippen LogP contribution is -2.16. The first-order chi connectivity index (χ1) is 7.22. The Morgan fingerprint density at radius 2 is 2.27 bits per heavy atom. The summed E-state index contributed by atoms with van der Waals surface area (Å²) >= 11 is 5.74. The minimum absolute atomic E-state index is 0.225. The summed E-state index contributed by atoms with van der Waals surface area (Å²) in [6, 6.07) is 6.83. The third-order valence-corrected chi connectivity index (χ3v) is 1.83. The van der Waals surface area contributed by atoms with Crippen LogP contribution in [0.3, 0.4) is 0 Å². The molecule has 1 amide bonds. The Morgan fingerprint density at radius 3 is 2.93 bits per heavy atom. The van der Waals surface area contributed by atoms with Crippen molar-refractivity contribution in [2.24, 2.45) is 0 Å². The Kier molecular flexibility index (Phi) is 4.93. The number of anilines is 1. The molecule has 0 spiro atoms. The Balaban J connectivity index is 2.37. The van der Waals surface area contributed by atoms with Crippen molar-refractivity contribution in [3.63, 3.8) is 0 Å². The highest BCUT2D eigenvalue weighted by atomic mass is 35.5. The minimum atomic E-state index is -0.519. The van der Waals surface area contributed by atoms with Crippen molar-refractivity contribution in [3.05, 3.63) is 29.3 Å². The van der Waals surface area contributed by atoms with E-state index >= 15 is 0 Å². The lowest BCUT2D eigenvalue weighted by atomic mass is 10.3. The van der Waals surface area contributed by atoms with Gasteiger partial charge in [-0.1, -0.05) is 17.7 Å². The highest BCUT2D eigenvalue weighted by Crippen LogP contribution is 2.14. The van der Waals surface area contributed by atoms with E-state index in [-0.39, 0.29) is 6.61 Å². The third-order valence-electron chi connectivity index (χ3n) is 1.59. The lowest BCUT2D eigenvalue weighted by Gasteiger charge is -2.06. The fourth-order valence-electron chi connectivity index (χ4n) is 0.938. The molecular formula is C10H12ClNO3. The van der Waals surface area contributed by atoms with Gasteiger partial charge in [-0.05, 0) is 18.2 Å². The van der Waals surface area contributed by atoms with Gasteiger partial charge in [0.25, 0.3) is 0 Å². The van der Waals surface area contributed by atoms with Crippen LogP contribution in [0.25, 0.3) is 0 Å². The van der Waals surface area contributed by atoms with Crippen LogP contribution in [-0.2, 0) is 9.47 Å². The second-order valence-corrected chi connectivity index (χ2v) is 3.20. The average molecular weight is 230 g/mol. The van der Waals surface area contributed by atoms with E-state index in [1.807, 2.05) is 0 Å². The van der Waals surface area contributed by atoms with Gasteiger partial charge in [-0.25, -0.2) is 4.79 Å². The molecule has 15 heavy (non-hydrogen) atoms. The van der Waals surface area contributed by atoms with Crippen molar-refractivity contribution in [3.8, 4) is 0 Å². The summed E-state index contributed by atoms with van der Waals surface area (Å²) in [7, 11) is 1.54. The van der Waals surface area contributed by atoms with Gasteiger partial charge in [-0.2, -0.15) is 0 Å². The first-order valence-corrected chi connectivity index (χ1v) is 4.78. The number of hydrogen-bond donors (Lipinski definition) is 1. The number of methoxy groups -OCH3 is 1. The maximum Gasteiger partial charge on any atom is 0.411 e. The molecule has 0 aliphatic heterocycles. The Morgan fingerprint density at radius 1 is 1.47 bits per heavy atom. The van der Waals surface area contributed by atoms with Crippen LogP contribution in [0.1, 0.15) is 0 Å². The molecule has 0 fully saturated rings. The molecule has 82 valence electrons. The topological polar surface area (TPSA) is 47.6 Å². The predicted octanol–water partition coefficient (Wildman–Crippen LogP) is 2.53. The van der Waals surface area contributed by atoms with Crippen molar-refractivity contribution >= 4 is 23.4 Å². The predicted molar refractivity (Wildman–Crippen MR) is 58.3 cm³/mol. The number of nitrogens with one attached hydrogen (secondary N) is 1. The average Bonchev–Trinajstić information content (AvgIpc) is 2.18. The minimum Gasteiger partial charge on any atom is -0.447 e. The molecule has 1 aromatic carbocycles. The molecule has 5 heteroatoms. The summed E-state index contributed by atoms with van der Waals surface area (Å²) in [4.78, 5) is 11.2. The summed E-state index contributed by atoms with van der Waals surface area (Å²) in [5.74, 6) is 0. The Labute approximate surface area is 93.1 Å². The summed E-state index contributed by atoms with van der Waals surface area (Å²) < 4.78 is 9.54. The third kappa shape index (κ3) is 4.67. The molecule has 0 aliphatic carbocycles. The summed E-state index contributed by atoms with van der Waals surface area (Å²) in [6.45, 7) is 0.603. The van der Waals surface area contributed by atoms with Gasteiger partial charge in [0.05, 0.1) is 6.61 Å². The van der Waals surface area contributed by atoms with Gasteiger partial charge in [0.15, 0.2) is 0 Å². The highest BCUT2D eigenvalue weighted by Gasteiger charge is 2.02. The first-order valence-electron chi connectivity index (χ1n) is 4.40. The van der Waals surface area contributed by atoms with E-state index in [0.29, 0.717) is 17.3 Å². The van der Waals surface area contributed by atoms with Crippen molar-refractivity contribution in [2.75, 3.05) is 25.6 Å². The molecule has 0 bridgehead atoms. The van der Waals surface area contributed by atoms with Crippen LogP contribution >= 0.6 is 11.6 Å². The van der Waals surface area contributed by atoms with Crippen LogP contribution in [0.4, 0.5) is 10.5 Å². The number of carbonyl (C=O) groups is 1. The van der Waals surface area contributed by atoms with Crippen LogP contribution in [0.5, 0.6) is 0 Å². The van der Waals surface area contributed by atoms with Crippen molar-refractivity contribution in [2.45, 2.75) is 0 Å². The van der Waals surface area contributed by atoms with Crippen LogP contribution in [-0.4, -0.2) is 26.4 Å². The van der Waals surface area contributed by atoms with Crippen LogP contribution < -0.4 is 5.32 Å². The molecule has 0 heterocycles. The molecule has 0 unspecified atom stereocenters. The number of amides is 1. The quantitative estimate of drug-likeness (QED) is 0.808. The maximum absolute atomic E-state index is 11.2. The van der Waals surface area contributed by atoms with Crippen LogP contribution in [0.15, 0.2) is 24.3 Å².